The molecule has 0 bridgehead atoms. The van der Waals surface area contributed by atoms with Gasteiger partial charge in [-0.2, -0.15) is 0 Å². The molecule has 0 radical (unpaired) electrons. The van der Waals surface area contributed by atoms with Gasteiger partial charge >= 0.3 is 0 Å². The number of carbonyl (C=O) groups excluding carboxylic acids is 1. The van der Waals surface area contributed by atoms with E-state index in [1.165, 1.54) is 0 Å². The Morgan fingerprint density at radius 2 is 2.00 bits per heavy atom. The van der Waals surface area contributed by atoms with Gasteiger partial charge < -0.3 is 15.4 Å². The van der Waals surface area contributed by atoms with Gasteiger partial charge in [-0.3, -0.25) is 4.79 Å². The predicted octanol–water partition coefficient (Wildman–Crippen LogP) is 2.89. The maximum atomic E-state index is 12.3. The Labute approximate surface area is 128 Å². The van der Waals surface area contributed by atoms with Crippen LogP contribution in [0.5, 0.6) is 5.75 Å². The van der Waals surface area contributed by atoms with Crippen molar-refractivity contribution in [2.75, 3.05) is 23.8 Å². The van der Waals surface area contributed by atoms with Crippen molar-refractivity contribution in [3.8, 4) is 5.75 Å². The molecule has 21 heavy (non-hydrogen) atoms. The first-order valence-electron chi connectivity index (χ1n) is 6.71. The standard InChI is InChI=1S/C16H15ClN2O2/c17-12-4-6-13(7-5-12)21-10-15(20)19-9-8-11-2-1-3-14(18)16(11)19/h1-7H,8-10,18H2. The Bertz CT molecular complexity index is 670. The Kier molecular flexibility index (Phi) is 3.71. The smallest absolute Gasteiger partial charge is 0.264 e. The number of fused-ring (bicyclic) bond motifs is 1. The summed E-state index contributed by atoms with van der Waals surface area (Å²) in [7, 11) is 0. The summed E-state index contributed by atoms with van der Waals surface area (Å²) in [6, 6.07) is 12.6. The Hall–Kier alpha value is -2.20. The molecule has 0 unspecified atom stereocenters. The Balaban J connectivity index is 1.69. The van der Waals surface area contributed by atoms with E-state index in [4.69, 9.17) is 22.1 Å². The normalized spacial score (nSPS) is 13.1. The summed E-state index contributed by atoms with van der Waals surface area (Å²) in [5, 5.41) is 0.634. The van der Waals surface area contributed by atoms with Crippen LogP contribution >= 0.6 is 11.6 Å². The fourth-order valence-electron chi connectivity index (χ4n) is 2.49. The number of benzene rings is 2. The van der Waals surface area contributed by atoms with Crippen LogP contribution < -0.4 is 15.4 Å². The monoisotopic (exact) mass is 302 g/mol. The molecule has 0 spiro atoms. The Morgan fingerprint density at radius 1 is 1.24 bits per heavy atom. The first-order valence-corrected chi connectivity index (χ1v) is 7.09. The van der Waals surface area contributed by atoms with Gasteiger partial charge in [0.05, 0.1) is 11.4 Å². The molecule has 108 valence electrons. The second kappa shape index (κ2) is 5.66. The second-order valence-corrected chi connectivity index (χ2v) is 5.33. The maximum absolute atomic E-state index is 12.3. The van der Waals surface area contributed by atoms with Crippen LogP contribution in [0.2, 0.25) is 5.02 Å². The topological polar surface area (TPSA) is 55.6 Å². The van der Waals surface area contributed by atoms with Crippen molar-refractivity contribution in [2.24, 2.45) is 0 Å². The van der Waals surface area contributed by atoms with E-state index in [9.17, 15) is 4.79 Å². The zero-order chi connectivity index (χ0) is 14.8. The third kappa shape index (κ3) is 2.81. The van der Waals surface area contributed by atoms with E-state index in [1.807, 2.05) is 18.2 Å². The van der Waals surface area contributed by atoms with Crippen molar-refractivity contribution in [3.05, 3.63) is 53.1 Å². The molecular weight excluding hydrogens is 288 g/mol. The van der Waals surface area contributed by atoms with Crippen molar-refractivity contribution in [1.82, 2.24) is 0 Å². The average Bonchev–Trinajstić information content (AvgIpc) is 2.92. The maximum Gasteiger partial charge on any atom is 0.264 e. The number of hydrogen-bond donors (Lipinski definition) is 1. The lowest BCUT2D eigenvalue weighted by atomic mass is 10.1. The van der Waals surface area contributed by atoms with Gasteiger partial charge in [0, 0.05) is 11.6 Å². The fraction of sp³-hybridized carbons (Fsp3) is 0.188. The number of anilines is 2. The predicted molar refractivity (Wildman–Crippen MR) is 83.9 cm³/mol. The number of nitrogen functional groups attached to an aromatic ring is 1. The van der Waals surface area contributed by atoms with E-state index >= 15 is 0 Å². The van der Waals surface area contributed by atoms with Crippen molar-refractivity contribution >= 4 is 28.9 Å². The van der Waals surface area contributed by atoms with Crippen LogP contribution in [-0.2, 0) is 11.2 Å². The molecule has 0 fully saturated rings. The summed E-state index contributed by atoms with van der Waals surface area (Å²) in [6.07, 6.45) is 0.826. The molecule has 5 heteroatoms. The van der Waals surface area contributed by atoms with E-state index in [2.05, 4.69) is 0 Å². The van der Waals surface area contributed by atoms with Crippen molar-refractivity contribution in [2.45, 2.75) is 6.42 Å². The SMILES string of the molecule is Nc1cccc2c1N(C(=O)COc1ccc(Cl)cc1)CC2. The molecule has 0 aliphatic carbocycles. The van der Waals surface area contributed by atoms with Gasteiger partial charge in [-0.05, 0) is 42.3 Å². The van der Waals surface area contributed by atoms with E-state index in [0.29, 0.717) is 23.0 Å². The van der Waals surface area contributed by atoms with Gasteiger partial charge in [-0.15, -0.1) is 0 Å². The molecule has 0 saturated heterocycles. The van der Waals surface area contributed by atoms with Crippen LogP contribution in [0, 0.1) is 0 Å². The van der Waals surface area contributed by atoms with Crippen molar-refractivity contribution < 1.29 is 9.53 Å². The molecule has 3 rings (SSSR count). The minimum Gasteiger partial charge on any atom is -0.484 e. The molecule has 1 aliphatic heterocycles. The first kappa shape index (κ1) is 13.8. The van der Waals surface area contributed by atoms with Crippen LogP contribution in [0.1, 0.15) is 5.56 Å². The van der Waals surface area contributed by atoms with Crippen LogP contribution in [-0.4, -0.2) is 19.1 Å². The molecule has 4 nitrogen and oxygen atoms in total. The van der Waals surface area contributed by atoms with Crippen LogP contribution in [0.15, 0.2) is 42.5 Å². The fourth-order valence-corrected chi connectivity index (χ4v) is 2.62. The lowest BCUT2D eigenvalue weighted by Crippen LogP contribution is -2.33. The molecular formula is C16H15ClN2O2. The van der Waals surface area contributed by atoms with Crippen LogP contribution in [0.25, 0.3) is 0 Å². The largest absolute Gasteiger partial charge is 0.484 e. The zero-order valence-electron chi connectivity index (χ0n) is 11.4. The van der Waals surface area contributed by atoms with Gasteiger partial charge in [-0.1, -0.05) is 23.7 Å². The number of ether oxygens (including phenoxy) is 1. The molecule has 0 aromatic heterocycles. The molecule has 1 aliphatic rings. The van der Waals surface area contributed by atoms with E-state index in [-0.39, 0.29) is 12.5 Å². The Morgan fingerprint density at radius 3 is 2.76 bits per heavy atom. The molecule has 2 aromatic rings. The first-order chi connectivity index (χ1) is 10.1. The summed E-state index contributed by atoms with van der Waals surface area (Å²) >= 11 is 5.81. The summed E-state index contributed by atoms with van der Waals surface area (Å²) < 4.78 is 5.50. The van der Waals surface area contributed by atoms with Crippen molar-refractivity contribution in [1.29, 1.82) is 0 Å². The molecule has 1 amide bonds. The number of rotatable bonds is 3. The summed E-state index contributed by atoms with van der Waals surface area (Å²) in [6.45, 7) is 0.627. The highest BCUT2D eigenvalue weighted by molar-refractivity contribution is 6.30. The number of amides is 1. The number of nitrogens with two attached hydrogens (primary N) is 1. The number of hydrogen-bond acceptors (Lipinski definition) is 3. The van der Waals surface area contributed by atoms with Crippen LogP contribution in [0.3, 0.4) is 0 Å². The average molecular weight is 303 g/mol. The summed E-state index contributed by atoms with van der Waals surface area (Å²) in [5.74, 6) is 0.523. The molecule has 0 atom stereocenters. The molecule has 2 N–H and O–H groups in total. The lowest BCUT2D eigenvalue weighted by molar-refractivity contribution is -0.120. The van der Waals surface area contributed by atoms with E-state index < -0.39 is 0 Å². The minimum atomic E-state index is -0.0957. The highest BCUT2D eigenvalue weighted by Crippen LogP contribution is 2.33. The lowest BCUT2D eigenvalue weighted by Gasteiger charge is -2.19. The highest BCUT2D eigenvalue weighted by Gasteiger charge is 2.26. The number of para-hydroxylation sites is 1. The number of carbonyl (C=O) groups is 1. The highest BCUT2D eigenvalue weighted by atomic mass is 35.5. The van der Waals surface area contributed by atoms with Gasteiger partial charge in [-0.25, -0.2) is 0 Å². The van der Waals surface area contributed by atoms with Gasteiger partial charge in [0.1, 0.15) is 5.75 Å². The summed E-state index contributed by atoms with van der Waals surface area (Å²) in [4.78, 5) is 14.0. The van der Waals surface area contributed by atoms with Crippen LogP contribution in [0.4, 0.5) is 11.4 Å². The van der Waals surface area contributed by atoms with E-state index in [1.54, 1.807) is 29.2 Å². The van der Waals surface area contributed by atoms with Gasteiger partial charge in [0.2, 0.25) is 0 Å². The van der Waals surface area contributed by atoms with Gasteiger partial charge in [0.25, 0.3) is 5.91 Å². The summed E-state index contributed by atoms with van der Waals surface area (Å²) in [5.41, 5.74) is 8.53. The minimum absolute atomic E-state index is 0.0184. The third-order valence-electron chi connectivity index (χ3n) is 3.50. The van der Waals surface area contributed by atoms with E-state index in [0.717, 1.165) is 17.7 Å². The third-order valence-corrected chi connectivity index (χ3v) is 3.75. The second-order valence-electron chi connectivity index (χ2n) is 4.89. The van der Waals surface area contributed by atoms with Crippen molar-refractivity contribution in [3.63, 3.8) is 0 Å². The van der Waals surface area contributed by atoms with Gasteiger partial charge in [0.15, 0.2) is 6.61 Å². The quantitative estimate of drug-likeness (QED) is 0.887. The molecule has 0 saturated carbocycles. The molecule has 1 heterocycles. The number of nitrogens with zero attached hydrogens (tertiary/aromatic N) is 1. The number of halogens is 1. The molecule has 2 aromatic carbocycles. The zero-order valence-corrected chi connectivity index (χ0v) is 12.1.